The van der Waals surface area contributed by atoms with Gasteiger partial charge in [-0.15, -0.1) is 0 Å². The van der Waals surface area contributed by atoms with Gasteiger partial charge in [0.25, 0.3) is 0 Å². The largest absolute Gasteiger partial charge is 0.456 e. The van der Waals surface area contributed by atoms with Crippen molar-refractivity contribution in [2.24, 2.45) is 0 Å². The minimum absolute atomic E-state index is 0.591. The van der Waals surface area contributed by atoms with Gasteiger partial charge in [0.05, 0.1) is 0 Å². The molecule has 0 fully saturated rings. The van der Waals surface area contributed by atoms with Crippen LogP contribution in [0.1, 0.15) is 0 Å². The van der Waals surface area contributed by atoms with Crippen molar-refractivity contribution in [1.82, 2.24) is 19.9 Å². The van der Waals surface area contributed by atoms with Crippen molar-refractivity contribution in [3.05, 3.63) is 146 Å². The first kappa shape index (κ1) is 25.8. The van der Waals surface area contributed by atoms with Crippen LogP contribution >= 0.6 is 0 Å². The zero-order valence-electron chi connectivity index (χ0n) is 25.1. The maximum absolute atomic E-state index is 6.38. The molecule has 10 aromatic rings. The standard InChI is InChI=1S/C42H24N4O/c1-2-9-28-21-29(17-13-25(28)7-1)40-44-41(30-18-16-27-15-14-26-8-3-4-10-31(26)34(27)22-30)46-42(45-40)35-23-38-39(33-12-6-5-11-32(33)35)36-24-43-20-19-37(36)47-38/h1-24H. The molecule has 0 unspecified atom stereocenters. The first-order valence-corrected chi connectivity index (χ1v) is 15.6. The van der Waals surface area contributed by atoms with Gasteiger partial charge in [0, 0.05) is 39.9 Å². The number of nitrogens with zero attached hydrogens (tertiary/aromatic N) is 4. The third-order valence-electron chi connectivity index (χ3n) is 9.17. The molecule has 3 heterocycles. The quantitative estimate of drug-likeness (QED) is 0.189. The molecule has 0 radical (unpaired) electrons. The summed E-state index contributed by atoms with van der Waals surface area (Å²) in [7, 11) is 0. The SMILES string of the molecule is c1ccc2cc(-c3nc(-c4ccc5ccc6ccccc6c5c4)nc(-c4cc5oc6ccncc6c5c5ccccc45)n3)ccc2c1. The van der Waals surface area contributed by atoms with Crippen LogP contribution in [0, 0.1) is 0 Å². The highest BCUT2D eigenvalue weighted by molar-refractivity contribution is 6.21. The molecule has 0 spiro atoms. The molecule has 0 amide bonds. The maximum Gasteiger partial charge on any atom is 0.164 e. The van der Waals surface area contributed by atoms with Gasteiger partial charge in [0.1, 0.15) is 11.2 Å². The Hall–Kier alpha value is -6.46. The van der Waals surface area contributed by atoms with E-state index in [4.69, 9.17) is 19.4 Å². The number of fused-ring (bicyclic) bond motifs is 9. The van der Waals surface area contributed by atoms with Gasteiger partial charge >= 0.3 is 0 Å². The van der Waals surface area contributed by atoms with E-state index in [2.05, 4.69) is 132 Å². The lowest BCUT2D eigenvalue weighted by Gasteiger charge is -2.12. The molecule has 7 aromatic carbocycles. The number of pyridine rings is 1. The topological polar surface area (TPSA) is 64.7 Å². The molecule has 10 rings (SSSR count). The zero-order chi connectivity index (χ0) is 30.9. The Morgan fingerprint density at radius 3 is 1.85 bits per heavy atom. The number of hydrogen-bond donors (Lipinski definition) is 0. The van der Waals surface area contributed by atoms with Crippen molar-refractivity contribution < 1.29 is 4.42 Å². The van der Waals surface area contributed by atoms with Crippen LogP contribution in [0.3, 0.4) is 0 Å². The summed E-state index contributed by atoms with van der Waals surface area (Å²) < 4.78 is 6.38. The Balaban J connectivity index is 1.26. The summed E-state index contributed by atoms with van der Waals surface area (Å²) in [5.41, 5.74) is 4.32. The molecular formula is C42H24N4O. The molecule has 5 heteroatoms. The molecule has 0 atom stereocenters. The van der Waals surface area contributed by atoms with E-state index >= 15 is 0 Å². The molecule has 0 aliphatic carbocycles. The second-order valence-corrected chi connectivity index (χ2v) is 11.9. The minimum Gasteiger partial charge on any atom is -0.456 e. The number of benzene rings is 7. The Bertz CT molecular complexity index is 2870. The van der Waals surface area contributed by atoms with Gasteiger partial charge in [0.2, 0.25) is 0 Å². The smallest absolute Gasteiger partial charge is 0.164 e. The Kier molecular flexibility index (Phi) is 5.51. The van der Waals surface area contributed by atoms with E-state index in [9.17, 15) is 0 Å². The van der Waals surface area contributed by atoms with Crippen molar-refractivity contribution in [1.29, 1.82) is 0 Å². The second-order valence-electron chi connectivity index (χ2n) is 11.9. The molecule has 5 nitrogen and oxygen atoms in total. The lowest BCUT2D eigenvalue weighted by molar-refractivity contribution is 0.669. The van der Waals surface area contributed by atoms with Crippen LogP contribution in [0.25, 0.3) is 99.2 Å². The van der Waals surface area contributed by atoms with Gasteiger partial charge in [-0.1, -0.05) is 109 Å². The highest BCUT2D eigenvalue weighted by Crippen LogP contribution is 2.40. The van der Waals surface area contributed by atoms with E-state index in [1.165, 1.54) is 21.5 Å². The van der Waals surface area contributed by atoms with E-state index in [0.717, 1.165) is 60.2 Å². The summed E-state index contributed by atoms with van der Waals surface area (Å²) in [6.45, 7) is 0. The highest BCUT2D eigenvalue weighted by atomic mass is 16.3. The molecule has 0 aliphatic rings. The monoisotopic (exact) mass is 600 g/mol. The fraction of sp³-hybridized carbons (Fsp3) is 0. The molecular weight excluding hydrogens is 576 g/mol. The summed E-state index contributed by atoms with van der Waals surface area (Å²) in [5.74, 6) is 1.82. The van der Waals surface area contributed by atoms with Crippen LogP contribution < -0.4 is 0 Å². The fourth-order valence-corrected chi connectivity index (χ4v) is 6.89. The van der Waals surface area contributed by atoms with Crippen LogP contribution in [-0.2, 0) is 0 Å². The predicted octanol–water partition coefficient (Wildman–Crippen LogP) is 10.8. The summed E-state index contributed by atoms with van der Waals surface area (Å²) in [5, 5.41) is 11.2. The number of furan rings is 1. The van der Waals surface area contributed by atoms with Crippen molar-refractivity contribution in [3.8, 4) is 34.2 Å². The molecule has 0 bridgehead atoms. The van der Waals surface area contributed by atoms with Gasteiger partial charge < -0.3 is 4.42 Å². The molecule has 47 heavy (non-hydrogen) atoms. The third kappa shape index (κ3) is 4.10. The van der Waals surface area contributed by atoms with Crippen LogP contribution in [0.2, 0.25) is 0 Å². The highest BCUT2D eigenvalue weighted by Gasteiger charge is 2.19. The number of aromatic nitrogens is 4. The van der Waals surface area contributed by atoms with E-state index < -0.39 is 0 Å². The lowest BCUT2D eigenvalue weighted by Crippen LogP contribution is -2.01. The number of hydrogen-bond acceptors (Lipinski definition) is 5. The first-order chi connectivity index (χ1) is 23.3. The fourth-order valence-electron chi connectivity index (χ4n) is 6.89. The summed E-state index contributed by atoms with van der Waals surface area (Å²) >= 11 is 0. The third-order valence-corrected chi connectivity index (χ3v) is 9.17. The Morgan fingerprint density at radius 1 is 0.404 bits per heavy atom. The molecule has 3 aromatic heterocycles. The Labute approximate surface area is 268 Å². The summed E-state index contributed by atoms with van der Waals surface area (Å²) in [6, 6.07) is 46.3. The first-order valence-electron chi connectivity index (χ1n) is 15.6. The lowest BCUT2D eigenvalue weighted by atomic mass is 9.98. The van der Waals surface area contributed by atoms with Crippen LogP contribution in [0.4, 0.5) is 0 Å². The second kappa shape index (κ2) is 10.0. The van der Waals surface area contributed by atoms with E-state index in [1.54, 1.807) is 6.20 Å². The zero-order valence-corrected chi connectivity index (χ0v) is 25.1. The predicted molar refractivity (Wildman–Crippen MR) is 191 cm³/mol. The molecule has 218 valence electrons. The van der Waals surface area contributed by atoms with Crippen molar-refractivity contribution in [2.45, 2.75) is 0 Å². The van der Waals surface area contributed by atoms with Crippen LogP contribution in [0.15, 0.2) is 150 Å². The average Bonchev–Trinajstić information content (AvgIpc) is 3.53. The van der Waals surface area contributed by atoms with Crippen molar-refractivity contribution >= 4 is 65.0 Å². The molecule has 0 N–H and O–H groups in total. The molecule has 0 aliphatic heterocycles. The minimum atomic E-state index is 0.591. The van der Waals surface area contributed by atoms with Crippen molar-refractivity contribution in [2.75, 3.05) is 0 Å². The van der Waals surface area contributed by atoms with E-state index in [0.29, 0.717) is 17.5 Å². The average molecular weight is 601 g/mol. The van der Waals surface area contributed by atoms with E-state index in [-0.39, 0.29) is 0 Å². The summed E-state index contributed by atoms with van der Waals surface area (Å²) in [6.07, 6.45) is 3.63. The van der Waals surface area contributed by atoms with Gasteiger partial charge in [-0.25, -0.2) is 15.0 Å². The van der Waals surface area contributed by atoms with Crippen molar-refractivity contribution in [3.63, 3.8) is 0 Å². The number of rotatable bonds is 3. The normalized spacial score (nSPS) is 11.8. The van der Waals surface area contributed by atoms with Gasteiger partial charge in [-0.3, -0.25) is 4.98 Å². The van der Waals surface area contributed by atoms with Crippen LogP contribution in [0.5, 0.6) is 0 Å². The molecule has 0 saturated heterocycles. The molecule has 0 saturated carbocycles. The van der Waals surface area contributed by atoms with Crippen LogP contribution in [-0.4, -0.2) is 19.9 Å². The maximum atomic E-state index is 6.38. The Morgan fingerprint density at radius 2 is 1.02 bits per heavy atom. The van der Waals surface area contributed by atoms with Gasteiger partial charge in [-0.2, -0.15) is 0 Å². The van der Waals surface area contributed by atoms with E-state index in [1.807, 2.05) is 12.3 Å². The van der Waals surface area contributed by atoms with Gasteiger partial charge in [0.15, 0.2) is 17.5 Å². The van der Waals surface area contributed by atoms with Gasteiger partial charge in [-0.05, 0) is 67.4 Å². The summed E-state index contributed by atoms with van der Waals surface area (Å²) in [4.78, 5) is 19.8.